The van der Waals surface area contributed by atoms with Crippen LogP contribution in [0.5, 0.6) is 0 Å². The monoisotopic (exact) mass is 315 g/mol. The van der Waals surface area contributed by atoms with Crippen LogP contribution in [0.25, 0.3) is 0 Å². The third-order valence-electron chi connectivity index (χ3n) is 2.67. The highest BCUT2D eigenvalue weighted by Gasteiger charge is 2.37. The van der Waals surface area contributed by atoms with Crippen LogP contribution in [0.15, 0.2) is 12.1 Å². The molecule has 7 heteroatoms. The van der Waals surface area contributed by atoms with Crippen LogP contribution in [-0.2, 0) is 9.53 Å². The van der Waals surface area contributed by atoms with Crippen LogP contribution in [0, 0.1) is 0 Å². The van der Waals surface area contributed by atoms with Crippen molar-refractivity contribution in [3.05, 3.63) is 33.3 Å². The third-order valence-corrected chi connectivity index (χ3v) is 3.39. The second-order valence-electron chi connectivity index (χ2n) is 4.55. The van der Waals surface area contributed by atoms with Crippen LogP contribution < -0.4 is 0 Å². The second-order valence-corrected chi connectivity index (χ2v) is 5.36. The first-order valence-electron chi connectivity index (χ1n) is 5.86. The Morgan fingerprint density at radius 3 is 2.00 bits per heavy atom. The Morgan fingerprint density at radius 2 is 1.60 bits per heavy atom. The number of halogens is 2. The van der Waals surface area contributed by atoms with Gasteiger partial charge in [0.25, 0.3) is 11.8 Å². The van der Waals surface area contributed by atoms with E-state index in [2.05, 4.69) is 0 Å². The van der Waals surface area contributed by atoms with E-state index in [0.717, 1.165) is 4.90 Å². The largest absolute Gasteiger partial charge is 0.462 e. The number of ether oxygens (including phenoxy) is 1. The number of fused-ring (bicyclic) bond motifs is 1. The van der Waals surface area contributed by atoms with Gasteiger partial charge in [0.05, 0.1) is 27.3 Å². The molecule has 1 heterocycles. The summed E-state index contributed by atoms with van der Waals surface area (Å²) in [5.74, 6) is -1.81. The van der Waals surface area contributed by atoms with Crippen molar-refractivity contribution in [2.75, 3.05) is 6.54 Å². The van der Waals surface area contributed by atoms with Gasteiger partial charge in [0.1, 0.15) is 6.54 Å². The predicted octanol–water partition coefficient (Wildman–Crippen LogP) is 2.54. The zero-order valence-corrected chi connectivity index (χ0v) is 12.3. The van der Waals surface area contributed by atoms with Crippen molar-refractivity contribution in [3.8, 4) is 0 Å². The molecular weight excluding hydrogens is 305 g/mol. The highest BCUT2D eigenvalue weighted by atomic mass is 35.5. The summed E-state index contributed by atoms with van der Waals surface area (Å²) in [6, 6.07) is 2.65. The first-order valence-corrected chi connectivity index (χ1v) is 6.61. The third kappa shape index (κ3) is 2.64. The number of imide groups is 1. The Balaban J connectivity index is 2.26. The van der Waals surface area contributed by atoms with Crippen molar-refractivity contribution in [3.63, 3.8) is 0 Å². The van der Waals surface area contributed by atoms with E-state index in [-0.39, 0.29) is 27.3 Å². The van der Waals surface area contributed by atoms with Crippen molar-refractivity contribution in [1.82, 2.24) is 4.90 Å². The lowest BCUT2D eigenvalue weighted by molar-refractivity contribution is -0.147. The highest BCUT2D eigenvalue weighted by Crippen LogP contribution is 2.31. The lowest BCUT2D eigenvalue weighted by atomic mass is 10.1. The van der Waals surface area contributed by atoms with Gasteiger partial charge in [-0.25, -0.2) is 0 Å². The normalized spacial score (nSPS) is 13.9. The van der Waals surface area contributed by atoms with E-state index in [1.165, 1.54) is 12.1 Å². The molecule has 0 bridgehead atoms. The highest BCUT2D eigenvalue weighted by molar-refractivity contribution is 6.43. The first-order chi connectivity index (χ1) is 9.31. The quantitative estimate of drug-likeness (QED) is 0.635. The number of hydrogen-bond acceptors (Lipinski definition) is 4. The number of nitrogens with zero attached hydrogens (tertiary/aromatic N) is 1. The summed E-state index contributed by atoms with van der Waals surface area (Å²) in [7, 11) is 0. The number of carbonyl (C=O) groups excluding carboxylic acids is 3. The maximum atomic E-state index is 12.1. The smallest absolute Gasteiger partial charge is 0.326 e. The van der Waals surface area contributed by atoms with Gasteiger partial charge in [-0.15, -0.1) is 0 Å². The van der Waals surface area contributed by atoms with Crippen molar-refractivity contribution >= 4 is 41.0 Å². The molecule has 1 aliphatic heterocycles. The molecule has 2 rings (SSSR count). The lowest BCUT2D eigenvalue weighted by Gasteiger charge is -2.14. The second kappa shape index (κ2) is 5.42. The van der Waals surface area contributed by atoms with Crippen LogP contribution in [0.2, 0.25) is 10.0 Å². The molecule has 1 aliphatic rings. The zero-order valence-electron chi connectivity index (χ0n) is 10.8. The molecule has 2 amide bonds. The number of amides is 2. The SMILES string of the molecule is CC(C)OC(=O)CN1C(=O)c2cc(Cl)c(Cl)cc2C1=O. The number of esters is 1. The Morgan fingerprint density at radius 1 is 1.15 bits per heavy atom. The van der Waals surface area contributed by atoms with Gasteiger partial charge in [-0.3, -0.25) is 19.3 Å². The fourth-order valence-corrected chi connectivity index (χ4v) is 2.18. The molecule has 0 fully saturated rings. The number of benzene rings is 1. The maximum Gasteiger partial charge on any atom is 0.326 e. The molecule has 0 saturated heterocycles. The minimum Gasteiger partial charge on any atom is -0.462 e. The summed E-state index contributed by atoms with van der Waals surface area (Å²) in [6.45, 7) is 2.93. The molecular formula is C13H11Cl2NO4. The average Bonchev–Trinajstić information content (AvgIpc) is 2.55. The van der Waals surface area contributed by atoms with E-state index in [0.29, 0.717) is 0 Å². The molecule has 1 aromatic carbocycles. The van der Waals surface area contributed by atoms with Gasteiger partial charge in [0.15, 0.2) is 0 Å². The molecule has 106 valence electrons. The Labute approximate surface area is 125 Å². The maximum absolute atomic E-state index is 12.1. The van der Waals surface area contributed by atoms with E-state index in [4.69, 9.17) is 27.9 Å². The zero-order chi connectivity index (χ0) is 15.0. The molecule has 0 aromatic heterocycles. The van der Waals surface area contributed by atoms with Gasteiger partial charge in [0, 0.05) is 0 Å². The molecule has 0 saturated carbocycles. The van der Waals surface area contributed by atoms with Crippen LogP contribution in [-0.4, -0.2) is 35.3 Å². The van der Waals surface area contributed by atoms with Gasteiger partial charge in [-0.05, 0) is 26.0 Å². The van der Waals surface area contributed by atoms with Gasteiger partial charge >= 0.3 is 5.97 Å². The predicted molar refractivity (Wildman–Crippen MR) is 73.1 cm³/mol. The number of rotatable bonds is 3. The average molecular weight is 316 g/mol. The first kappa shape index (κ1) is 14.8. The molecule has 0 N–H and O–H groups in total. The summed E-state index contributed by atoms with van der Waals surface area (Å²) in [6.07, 6.45) is -0.318. The molecule has 0 atom stereocenters. The summed E-state index contributed by atoms with van der Waals surface area (Å²) in [5, 5.41) is 0.358. The van der Waals surface area contributed by atoms with Gasteiger partial charge in [0.2, 0.25) is 0 Å². The molecule has 20 heavy (non-hydrogen) atoms. The van der Waals surface area contributed by atoms with Crippen LogP contribution in [0.4, 0.5) is 0 Å². The Bertz CT molecular complexity index is 572. The number of hydrogen-bond donors (Lipinski definition) is 0. The summed E-state index contributed by atoms with van der Waals surface area (Å²) in [5.41, 5.74) is 0.281. The Kier molecular flexibility index (Phi) is 4.01. The van der Waals surface area contributed by atoms with Crippen molar-refractivity contribution in [1.29, 1.82) is 0 Å². The van der Waals surface area contributed by atoms with E-state index < -0.39 is 24.3 Å². The molecule has 0 spiro atoms. The molecule has 1 aromatic rings. The van der Waals surface area contributed by atoms with Gasteiger partial charge < -0.3 is 4.74 Å². The molecule has 0 unspecified atom stereocenters. The van der Waals surface area contributed by atoms with Crippen LogP contribution >= 0.6 is 23.2 Å². The van der Waals surface area contributed by atoms with Crippen molar-refractivity contribution in [2.24, 2.45) is 0 Å². The van der Waals surface area contributed by atoms with Gasteiger partial charge in [-0.2, -0.15) is 0 Å². The Hall–Kier alpha value is -1.59. The standard InChI is InChI=1S/C13H11Cl2NO4/c1-6(2)20-11(17)5-16-12(18)7-3-9(14)10(15)4-8(7)13(16)19/h3-4,6H,5H2,1-2H3. The minimum absolute atomic E-state index is 0.141. The summed E-state index contributed by atoms with van der Waals surface area (Å²) < 4.78 is 4.92. The fraction of sp³-hybridized carbons (Fsp3) is 0.308. The summed E-state index contributed by atoms with van der Waals surface area (Å²) in [4.78, 5) is 36.6. The van der Waals surface area contributed by atoms with Crippen molar-refractivity contribution in [2.45, 2.75) is 20.0 Å². The van der Waals surface area contributed by atoms with E-state index in [1.807, 2.05) is 0 Å². The van der Waals surface area contributed by atoms with E-state index in [1.54, 1.807) is 13.8 Å². The fourth-order valence-electron chi connectivity index (χ4n) is 1.86. The molecule has 0 aliphatic carbocycles. The topological polar surface area (TPSA) is 63.7 Å². The summed E-state index contributed by atoms with van der Waals surface area (Å²) >= 11 is 11.6. The molecule has 0 radical (unpaired) electrons. The van der Waals surface area contributed by atoms with Gasteiger partial charge in [-0.1, -0.05) is 23.2 Å². The molecule has 5 nitrogen and oxygen atoms in total. The number of carbonyl (C=O) groups is 3. The lowest BCUT2D eigenvalue weighted by Crippen LogP contribution is -2.36. The minimum atomic E-state index is -0.647. The van der Waals surface area contributed by atoms with Crippen molar-refractivity contribution < 1.29 is 19.1 Å². The van der Waals surface area contributed by atoms with E-state index >= 15 is 0 Å². The van der Waals surface area contributed by atoms with E-state index in [9.17, 15) is 14.4 Å². The van der Waals surface area contributed by atoms with Crippen LogP contribution in [0.1, 0.15) is 34.6 Å². The van der Waals surface area contributed by atoms with Crippen LogP contribution in [0.3, 0.4) is 0 Å².